The normalized spacial score (nSPS) is 14.8. The molecule has 4 nitrogen and oxygen atoms in total. The van der Waals surface area contributed by atoms with Gasteiger partial charge in [-0.15, -0.1) is 22.7 Å². The molecule has 2 N–H and O–H groups in total. The number of thiophene rings is 1. The quantitative estimate of drug-likeness (QED) is 0.891. The van der Waals surface area contributed by atoms with Crippen molar-refractivity contribution in [1.82, 2.24) is 10.3 Å². The smallest absolute Gasteiger partial charge is 0.267 e. The van der Waals surface area contributed by atoms with Gasteiger partial charge >= 0.3 is 0 Å². The minimum Gasteiger partial charge on any atom is -0.312 e. The van der Waals surface area contributed by atoms with E-state index >= 15 is 0 Å². The van der Waals surface area contributed by atoms with Gasteiger partial charge in [0.2, 0.25) is 0 Å². The van der Waals surface area contributed by atoms with Gasteiger partial charge in [-0.3, -0.25) is 10.1 Å². The summed E-state index contributed by atoms with van der Waals surface area (Å²) in [5.41, 5.74) is 2.27. The molecule has 112 valence electrons. The van der Waals surface area contributed by atoms with Crippen LogP contribution in [0.5, 0.6) is 0 Å². The monoisotopic (exact) mass is 321 g/mol. The molecule has 1 aliphatic heterocycles. The van der Waals surface area contributed by atoms with E-state index in [-0.39, 0.29) is 11.3 Å². The molecule has 1 aliphatic rings. The molecule has 2 aromatic rings. The lowest BCUT2D eigenvalue weighted by atomic mass is 9.93. The third kappa shape index (κ3) is 3.17. The lowest BCUT2D eigenvalue weighted by Gasteiger charge is -2.14. The number of nitrogens with one attached hydrogen (secondary N) is 2. The van der Waals surface area contributed by atoms with Gasteiger partial charge in [-0.2, -0.15) is 0 Å². The van der Waals surface area contributed by atoms with Gasteiger partial charge in [0.15, 0.2) is 5.13 Å². The van der Waals surface area contributed by atoms with Gasteiger partial charge in [0.25, 0.3) is 5.91 Å². The molecule has 0 saturated heterocycles. The molecule has 0 aromatic carbocycles. The second kappa shape index (κ2) is 5.51. The number of rotatable bonds is 2. The number of carbonyl (C=O) groups excluding carboxylic acids is 1. The Kier molecular flexibility index (Phi) is 3.86. The Bertz CT molecular complexity index is 643. The Morgan fingerprint density at radius 1 is 1.43 bits per heavy atom. The van der Waals surface area contributed by atoms with Crippen LogP contribution in [0.1, 0.15) is 46.6 Å². The Balaban J connectivity index is 1.74. The number of amides is 1. The van der Waals surface area contributed by atoms with Crippen molar-refractivity contribution in [2.24, 2.45) is 0 Å². The largest absolute Gasteiger partial charge is 0.312 e. The van der Waals surface area contributed by atoms with Crippen molar-refractivity contribution < 1.29 is 4.79 Å². The minimum absolute atomic E-state index is 0.00711. The van der Waals surface area contributed by atoms with E-state index in [2.05, 4.69) is 36.4 Å². The lowest BCUT2D eigenvalue weighted by Crippen LogP contribution is -2.21. The first-order valence-corrected chi connectivity index (χ1v) is 8.73. The van der Waals surface area contributed by atoms with Crippen LogP contribution < -0.4 is 10.6 Å². The predicted octanol–water partition coefficient (Wildman–Crippen LogP) is 3.40. The molecular formula is C15H19N3OS2. The average molecular weight is 321 g/mol. The number of carbonyl (C=O) groups is 1. The summed E-state index contributed by atoms with van der Waals surface area (Å²) in [7, 11) is 0. The maximum Gasteiger partial charge on any atom is 0.267 e. The maximum atomic E-state index is 12.3. The number of hydrogen-bond acceptors (Lipinski definition) is 5. The van der Waals surface area contributed by atoms with E-state index in [1.807, 2.05) is 11.4 Å². The van der Waals surface area contributed by atoms with Crippen molar-refractivity contribution in [3.63, 3.8) is 0 Å². The van der Waals surface area contributed by atoms with Gasteiger partial charge in [-0.05, 0) is 18.1 Å². The second-order valence-corrected chi connectivity index (χ2v) is 8.22. The molecule has 0 atom stereocenters. The maximum absolute atomic E-state index is 12.3. The zero-order valence-corrected chi connectivity index (χ0v) is 14.1. The van der Waals surface area contributed by atoms with Crippen LogP contribution >= 0.6 is 22.7 Å². The number of hydrogen-bond donors (Lipinski definition) is 2. The van der Waals surface area contributed by atoms with E-state index in [1.165, 1.54) is 21.8 Å². The number of thiazole rings is 1. The number of anilines is 1. The summed E-state index contributed by atoms with van der Waals surface area (Å²) in [4.78, 5) is 18.9. The Hall–Kier alpha value is -1.24. The zero-order valence-electron chi connectivity index (χ0n) is 12.4. The zero-order chi connectivity index (χ0) is 15.0. The first-order chi connectivity index (χ1) is 9.93. The van der Waals surface area contributed by atoms with Gasteiger partial charge in [-0.1, -0.05) is 20.8 Å². The highest BCUT2D eigenvalue weighted by Crippen LogP contribution is 2.28. The van der Waals surface area contributed by atoms with Crippen LogP contribution in [-0.2, 0) is 18.4 Å². The van der Waals surface area contributed by atoms with E-state index in [1.54, 1.807) is 11.3 Å². The lowest BCUT2D eigenvalue weighted by molar-refractivity contribution is 0.103. The van der Waals surface area contributed by atoms with Gasteiger partial charge < -0.3 is 5.32 Å². The van der Waals surface area contributed by atoms with Crippen molar-refractivity contribution in [2.45, 2.75) is 39.2 Å². The molecule has 0 aliphatic carbocycles. The Labute approximate surface area is 132 Å². The third-order valence-electron chi connectivity index (χ3n) is 3.46. The number of nitrogens with zero attached hydrogens (tertiary/aromatic N) is 1. The van der Waals surface area contributed by atoms with E-state index in [4.69, 9.17) is 0 Å². The van der Waals surface area contributed by atoms with Crippen LogP contribution in [0.25, 0.3) is 0 Å². The van der Waals surface area contributed by atoms with Crippen LogP contribution in [0, 0.1) is 0 Å². The van der Waals surface area contributed by atoms with Crippen molar-refractivity contribution >= 4 is 33.7 Å². The van der Waals surface area contributed by atoms with Gasteiger partial charge in [0.1, 0.15) is 0 Å². The summed E-state index contributed by atoms with van der Waals surface area (Å²) >= 11 is 3.08. The van der Waals surface area contributed by atoms with Crippen LogP contribution in [0.3, 0.4) is 0 Å². The van der Waals surface area contributed by atoms with Gasteiger partial charge in [0.05, 0.1) is 10.6 Å². The molecule has 0 radical (unpaired) electrons. The molecule has 0 spiro atoms. The molecule has 3 rings (SSSR count). The standard InChI is InChI=1S/C15H19N3OS2/c1-15(2,3)12-8-20-14(17-12)18-13(19)11-6-9-7-16-5-4-10(9)21-11/h6,8,16H,4-5,7H2,1-3H3,(H,17,18,19). The topological polar surface area (TPSA) is 54.0 Å². The molecule has 21 heavy (non-hydrogen) atoms. The van der Waals surface area contributed by atoms with Crippen LogP contribution in [0.2, 0.25) is 0 Å². The molecule has 0 bridgehead atoms. The van der Waals surface area contributed by atoms with E-state index < -0.39 is 0 Å². The minimum atomic E-state index is -0.0517. The number of aromatic nitrogens is 1. The second-order valence-electron chi connectivity index (χ2n) is 6.23. The Morgan fingerprint density at radius 2 is 2.24 bits per heavy atom. The third-order valence-corrected chi connectivity index (χ3v) is 5.45. The Morgan fingerprint density at radius 3 is 2.90 bits per heavy atom. The predicted molar refractivity (Wildman–Crippen MR) is 88.5 cm³/mol. The molecule has 2 aromatic heterocycles. The molecule has 1 amide bonds. The SMILES string of the molecule is CC(C)(C)c1csc(NC(=O)c2cc3c(s2)CCNC3)n1. The highest BCUT2D eigenvalue weighted by molar-refractivity contribution is 7.15. The van der Waals surface area contributed by atoms with Crippen molar-refractivity contribution in [3.05, 3.63) is 32.5 Å². The van der Waals surface area contributed by atoms with Crippen molar-refractivity contribution in [2.75, 3.05) is 11.9 Å². The summed E-state index contributed by atoms with van der Waals surface area (Å²) in [6.45, 7) is 8.22. The summed E-state index contributed by atoms with van der Waals surface area (Å²) < 4.78 is 0. The van der Waals surface area contributed by atoms with Crippen molar-refractivity contribution in [1.29, 1.82) is 0 Å². The highest BCUT2D eigenvalue weighted by atomic mass is 32.1. The average Bonchev–Trinajstić information content (AvgIpc) is 3.03. The van der Waals surface area contributed by atoms with Gasteiger partial charge in [0, 0.05) is 28.8 Å². The van der Waals surface area contributed by atoms with Crippen molar-refractivity contribution in [3.8, 4) is 0 Å². The van der Waals surface area contributed by atoms with Crippen LogP contribution in [0.4, 0.5) is 5.13 Å². The van der Waals surface area contributed by atoms with Gasteiger partial charge in [-0.25, -0.2) is 4.98 Å². The van der Waals surface area contributed by atoms with E-state index in [0.29, 0.717) is 5.13 Å². The molecule has 0 fully saturated rings. The molecule has 6 heteroatoms. The molecular weight excluding hydrogens is 302 g/mol. The summed E-state index contributed by atoms with van der Waals surface area (Å²) in [5, 5.41) is 8.93. The first kappa shape index (κ1) is 14.7. The fourth-order valence-electron chi connectivity index (χ4n) is 2.20. The molecule has 0 saturated carbocycles. The fourth-order valence-corrected chi connectivity index (χ4v) is 4.21. The van der Waals surface area contributed by atoms with E-state index in [9.17, 15) is 4.79 Å². The molecule has 3 heterocycles. The molecule has 0 unspecified atom stereocenters. The summed E-state index contributed by atoms with van der Waals surface area (Å²) in [6, 6.07) is 2.00. The summed E-state index contributed by atoms with van der Waals surface area (Å²) in [5.74, 6) is -0.0517. The fraction of sp³-hybridized carbons (Fsp3) is 0.467. The number of fused-ring (bicyclic) bond motifs is 1. The summed E-state index contributed by atoms with van der Waals surface area (Å²) in [6.07, 6.45) is 1.01. The van der Waals surface area contributed by atoms with Crippen LogP contribution in [-0.4, -0.2) is 17.4 Å². The van der Waals surface area contributed by atoms with Crippen LogP contribution in [0.15, 0.2) is 11.4 Å². The van der Waals surface area contributed by atoms with E-state index in [0.717, 1.165) is 30.1 Å². The first-order valence-electron chi connectivity index (χ1n) is 7.03. The highest BCUT2D eigenvalue weighted by Gasteiger charge is 2.20.